The number of hydrogen-bond acceptors (Lipinski definition) is 1. The molecule has 0 amide bonds. The van der Waals surface area contributed by atoms with Gasteiger partial charge in [0.25, 0.3) is 0 Å². The maximum atomic E-state index is 13.8. The van der Waals surface area contributed by atoms with E-state index in [1.54, 1.807) is 24.3 Å². The molecule has 0 aromatic heterocycles. The molecule has 0 unspecified atom stereocenters. The lowest BCUT2D eigenvalue weighted by Gasteiger charge is -2.24. The zero-order valence-corrected chi connectivity index (χ0v) is 16.5. The number of anilines is 2. The average Bonchev–Trinajstić information content (AvgIpc) is 2.66. The molecule has 0 saturated heterocycles. The fourth-order valence-electron chi connectivity index (χ4n) is 3.25. The Morgan fingerprint density at radius 2 is 1.13 bits per heavy atom. The summed E-state index contributed by atoms with van der Waals surface area (Å²) in [7, 11) is 1.52. The highest BCUT2D eigenvalue weighted by Gasteiger charge is 2.36. The first-order valence-corrected chi connectivity index (χ1v) is 9.08. The van der Waals surface area contributed by atoms with Crippen LogP contribution in [-0.4, -0.2) is 7.05 Å². The molecule has 0 N–H and O–H groups in total. The molecule has 158 valence electrons. The summed E-state index contributed by atoms with van der Waals surface area (Å²) < 4.78 is 81.1. The summed E-state index contributed by atoms with van der Waals surface area (Å²) in [6, 6.07) is 14.1. The SMILES string of the molecule is Cc1ccc(N(C)c2ccc(-c3ccc(C)c(C(F)(F)F)c3)cc2C(F)(F)F)cc1. The van der Waals surface area contributed by atoms with E-state index < -0.39 is 23.5 Å². The third-order valence-electron chi connectivity index (χ3n) is 4.96. The predicted molar refractivity (Wildman–Crippen MR) is 106 cm³/mol. The molecule has 3 rings (SSSR count). The van der Waals surface area contributed by atoms with E-state index >= 15 is 0 Å². The summed E-state index contributed by atoms with van der Waals surface area (Å²) >= 11 is 0. The number of nitrogens with zero attached hydrogens (tertiary/aromatic N) is 1. The third kappa shape index (κ3) is 4.45. The normalized spacial score (nSPS) is 12.2. The molecular formula is C23H19F6N. The van der Waals surface area contributed by atoms with Crippen molar-refractivity contribution in [2.45, 2.75) is 26.2 Å². The standard InChI is InChI=1S/C23H19F6N/c1-14-4-9-18(10-5-14)30(3)21-11-8-17(13-20(21)23(27,28)29)16-7-6-15(2)19(12-16)22(24,25)26/h4-13H,1-3H3. The second kappa shape index (κ2) is 7.70. The number of aryl methyl sites for hydroxylation is 2. The molecule has 0 aliphatic rings. The highest BCUT2D eigenvalue weighted by molar-refractivity contribution is 5.74. The van der Waals surface area contributed by atoms with Gasteiger partial charge in [-0.1, -0.05) is 35.9 Å². The monoisotopic (exact) mass is 423 g/mol. The second-order valence-electron chi connectivity index (χ2n) is 7.15. The Hall–Kier alpha value is -2.96. The summed E-state index contributed by atoms with van der Waals surface area (Å²) in [4.78, 5) is 1.41. The van der Waals surface area contributed by atoms with Crippen molar-refractivity contribution in [1.29, 1.82) is 0 Å². The van der Waals surface area contributed by atoms with Crippen molar-refractivity contribution in [3.8, 4) is 11.1 Å². The molecule has 3 aromatic rings. The van der Waals surface area contributed by atoms with Gasteiger partial charge in [0.15, 0.2) is 0 Å². The minimum atomic E-state index is -4.68. The fraction of sp³-hybridized carbons (Fsp3) is 0.217. The molecule has 0 aliphatic carbocycles. The highest BCUT2D eigenvalue weighted by Crippen LogP contribution is 2.42. The van der Waals surface area contributed by atoms with Crippen LogP contribution >= 0.6 is 0 Å². The molecule has 0 spiro atoms. The number of rotatable bonds is 3. The van der Waals surface area contributed by atoms with Gasteiger partial charge in [0, 0.05) is 12.7 Å². The molecular weight excluding hydrogens is 404 g/mol. The Kier molecular flexibility index (Phi) is 5.58. The van der Waals surface area contributed by atoms with Crippen molar-refractivity contribution >= 4 is 11.4 Å². The van der Waals surface area contributed by atoms with Crippen molar-refractivity contribution in [2.75, 3.05) is 11.9 Å². The minimum absolute atomic E-state index is 0.0121. The van der Waals surface area contributed by atoms with Gasteiger partial charge < -0.3 is 4.90 Å². The van der Waals surface area contributed by atoms with Gasteiger partial charge in [-0.2, -0.15) is 26.3 Å². The third-order valence-corrected chi connectivity index (χ3v) is 4.96. The quantitative estimate of drug-likeness (QED) is 0.389. The first kappa shape index (κ1) is 21.7. The van der Waals surface area contributed by atoms with Crippen LogP contribution < -0.4 is 4.90 Å². The van der Waals surface area contributed by atoms with Crippen LogP contribution in [0.4, 0.5) is 37.7 Å². The van der Waals surface area contributed by atoms with Gasteiger partial charge in [-0.05, 0) is 60.9 Å². The van der Waals surface area contributed by atoms with Crippen molar-refractivity contribution in [2.24, 2.45) is 0 Å². The van der Waals surface area contributed by atoms with E-state index in [0.717, 1.165) is 17.7 Å². The lowest BCUT2D eigenvalue weighted by atomic mass is 9.97. The van der Waals surface area contributed by atoms with Crippen molar-refractivity contribution in [3.63, 3.8) is 0 Å². The number of benzene rings is 3. The maximum Gasteiger partial charge on any atom is 0.418 e. The first-order chi connectivity index (χ1) is 13.9. The van der Waals surface area contributed by atoms with Gasteiger partial charge in [-0.3, -0.25) is 0 Å². The zero-order chi connectivity index (χ0) is 22.3. The molecule has 1 nitrogen and oxygen atoms in total. The van der Waals surface area contributed by atoms with Crippen molar-refractivity contribution in [3.05, 3.63) is 82.9 Å². The van der Waals surface area contributed by atoms with Crippen LogP contribution in [0.15, 0.2) is 60.7 Å². The largest absolute Gasteiger partial charge is 0.418 e. The zero-order valence-electron chi connectivity index (χ0n) is 16.5. The molecule has 0 atom stereocenters. The lowest BCUT2D eigenvalue weighted by Crippen LogP contribution is -2.16. The molecule has 7 heteroatoms. The van der Waals surface area contributed by atoms with E-state index in [1.165, 1.54) is 43.1 Å². The van der Waals surface area contributed by atoms with E-state index in [4.69, 9.17) is 0 Å². The number of alkyl halides is 6. The molecule has 0 fully saturated rings. The van der Waals surface area contributed by atoms with Gasteiger partial charge >= 0.3 is 12.4 Å². The van der Waals surface area contributed by atoms with E-state index in [9.17, 15) is 26.3 Å². The first-order valence-electron chi connectivity index (χ1n) is 9.08. The molecule has 0 heterocycles. The van der Waals surface area contributed by atoms with E-state index in [0.29, 0.717) is 5.69 Å². The van der Waals surface area contributed by atoms with Crippen LogP contribution in [0.25, 0.3) is 11.1 Å². The summed E-state index contributed by atoms with van der Waals surface area (Å²) in [6.07, 6.45) is -9.26. The number of halogens is 6. The van der Waals surface area contributed by atoms with Crippen LogP contribution in [-0.2, 0) is 12.4 Å². The van der Waals surface area contributed by atoms with Gasteiger partial charge in [0.2, 0.25) is 0 Å². The topological polar surface area (TPSA) is 3.24 Å². The van der Waals surface area contributed by atoms with Crippen molar-refractivity contribution < 1.29 is 26.3 Å². The van der Waals surface area contributed by atoms with Gasteiger partial charge in [-0.15, -0.1) is 0 Å². The predicted octanol–water partition coefficient (Wildman–Crippen LogP) is 7.78. The van der Waals surface area contributed by atoms with Crippen LogP contribution in [0.2, 0.25) is 0 Å². The molecule has 0 radical (unpaired) electrons. The van der Waals surface area contributed by atoms with Gasteiger partial charge in [-0.25, -0.2) is 0 Å². The molecule has 3 aromatic carbocycles. The summed E-state index contributed by atoms with van der Waals surface area (Å²) in [6.45, 7) is 3.18. The fourth-order valence-corrected chi connectivity index (χ4v) is 3.25. The Bertz CT molecular complexity index is 1050. The smallest absolute Gasteiger partial charge is 0.344 e. The van der Waals surface area contributed by atoms with Crippen LogP contribution in [0.1, 0.15) is 22.3 Å². The summed E-state index contributed by atoms with van der Waals surface area (Å²) in [5, 5.41) is 0. The van der Waals surface area contributed by atoms with Crippen LogP contribution in [0, 0.1) is 13.8 Å². The molecule has 0 saturated carbocycles. The van der Waals surface area contributed by atoms with Crippen molar-refractivity contribution in [1.82, 2.24) is 0 Å². The Morgan fingerprint density at radius 1 is 0.633 bits per heavy atom. The van der Waals surface area contributed by atoms with E-state index in [-0.39, 0.29) is 22.4 Å². The molecule has 30 heavy (non-hydrogen) atoms. The second-order valence-corrected chi connectivity index (χ2v) is 7.15. The number of hydrogen-bond donors (Lipinski definition) is 0. The maximum absolute atomic E-state index is 13.8. The Morgan fingerprint density at radius 3 is 1.67 bits per heavy atom. The Balaban J connectivity index is 2.11. The molecule has 0 bridgehead atoms. The van der Waals surface area contributed by atoms with E-state index in [1.807, 2.05) is 6.92 Å². The summed E-state index contributed by atoms with van der Waals surface area (Å²) in [5.41, 5.74) is -0.188. The highest BCUT2D eigenvalue weighted by atomic mass is 19.4. The van der Waals surface area contributed by atoms with Gasteiger partial charge in [0.1, 0.15) is 0 Å². The average molecular weight is 423 g/mol. The Labute approximate surface area is 170 Å². The van der Waals surface area contributed by atoms with Crippen LogP contribution in [0.3, 0.4) is 0 Å². The van der Waals surface area contributed by atoms with E-state index in [2.05, 4.69) is 0 Å². The van der Waals surface area contributed by atoms with Crippen LogP contribution in [0.5, 0.6) is 0 Å². The lowest BCUT2D eigenvalue weighted by molar-refractivity contribution is -0.138. The van der Waals surface area contributed by atoms with Gasteiger partial charge in [0.05, 0.1) is 16.8 Å². The minimum Gasteiger partial charge on any atom is -0.344 e. The summed E-state index contributed by atoms with van der Waals surface area (Å²) in [5.74, 6) is 0. The molecule has 0 aliphatic heterocycles.